The Morgan fingerprint density at radius 3 is 2.21 bits per heavy atom. The molecule has 4 saturated carbocycles. The van der Waals surface area contributed by atoms with E-state index in [1.807, 2.05) is 30.3 Å². The van der Waals surface area contributed by atoms with Gasteiger partial charge in [-0.1, -0.05) is 40.2 Å². The molecule has 1 aromatic heterocycles. The topological polar surface area (TPSA) is 28.7 Å². The van der Waals surface area contributed by atoms with Gasteiger partial charge in [0.15, 0.2) is 0 Å². The summed E-state index contributed by atoms with van der Waals surface area (Å²) in [6, 6.07) is 22.0. The second-order valence-corrected chi connectivity index (χ2v) is 12.0. The fourth-order valence-electron chi connectivity index (χ4n) is 7.75. The molecular weight excluding hydrogens is 480 g/mol. The summed E-state index contributed by atoms with van der Waals surface area (Å²) in [5.74, 6) is 2.90. The van der Waals surface area contributed by atoms with Crippen LogP contribution in [-0.4, -0.2) is 4.57 Å². The van der Waals surface area contributed by atoms with Crippen LogP contribution in [0.5, 0.6) is 0 Å². The second kappa shape index (κ2) is 8.28. The molecule has 1 heterocycles. The van der Waals surface area contributed by atoms with Gasteiger partial charge in [-0.05, 0) is 129 Å². The van der Waals surface area contributed by atoms with Crippen molar-refractivity contribution in [1.82, 2.24) is 4.57 Å². The lowest BCUT2D eigenvalue weighted by molar-refractivity contribution is -0.00518. The van der Waals surface area contributed by atoms with Crippen LogP contribution in [0.25, 0.3) is 17.3 Å². The number of aromatic nitrogens is 1. The van der Waals surface area contributed by atoms with Crippen molar-refractivity contribution < 1.29 is 0 Å². The van der Waals surface area contributed by atoms with Gasteiger partial charge in [0, 0.05) is 21.5 Å². The van der Waals surface area contributed by atoms with E-state index < -0.39 is 0 Å². The summed E-state index contributed by atoms with van der Waals surface area (Å²) in [6.45, 7) is 4.31. The molecule has 34 heavy (non-hydrogen) atoms. The lowest BCUT2D eigenvalue weighted by Gasteiger charge is -2.57. The predicted octanol–water partition coefficient (Wildman–Crippen LogP) is 8.39. The molecule has 0 atom stereocenters. The van der Waals surface area contributed by atoms with Crippen molar-refractivity contribution in [2.45, 2.75) is 57.8 Å². The van der Waals surface area contributed by atoms with Gasteiger partial charge >= 0.3 is 0 Å². The summed E-state index contributed by atoms with van der Waals surface area (Å²) in [5.41, 5.74) is 8.29. The van der Waals surface area contributed by atoms with E-state index >= 15 is 0 Å². The summed E-state index contributed by atoms with van der Waals surface area (Å²) >= 11 is 3.52. The van der Waals surface area contributed by atoms with Crippen molar-refractivity contribution in [3.05, 3.63) is 87.1 Å². The van der Waals surface area contributed by atoms with E-state index in [9.17, 15) is 5.26 Å². The fourth-order valence-corrected chi connectivity index (χ4v) is 8.15. The quantitative estimate of drug-likeness (QED) is 0.324. The Morgan fingerprint density at radius 1 is 0.971 bits per heavy atom. The Hall–Kier alpha value is -2.57. The highest BCUT2D eigenvalue weighted by Gasteiger charge is 2.51. The monoisotopic (exact) mass is 510 g/mol. The minimum atomic E-state index is 0.438. The fraction of sp³-hybridized carbons (Fsp3) is 0.387. The first-order valence-corrected chi connectivity index (χ1v) is 13.4. The predicted molar refractivity (Wildman–Crippen MR) is 143 cm³/mol. The third-order valence-corrected chi connectivity index (χ3v) is 9.30. The normalized spacial score (nSPS) is 27.7. The third kappa shape index (κ3) is 3.68. The van der Waals surface area contributed by atoms with E-state index in [-0.39, 0.29) is 0 Å². The van der Waals surface area contributed by atoms with Gasteiger partial charge in [0.1, 0.15) is 0 Å². The molecule has 172 valence electrons. The first kappa shape index (κ1) is 21.9. The second-order valence-electron chi connectivity index (χ2n) is 11.1. The highest BCUT2D eigenvalue weighted by Crippen LogP contribution is 2.60. The lowest BCUT2D eigenvalue weighted by atomic mass is 9.48. The molecule has 0 amide bonds. The van der Waals surface area contributed by atoms with Gasteiger partial charge in [0.05, 0.1) is 11.6 Å². The summed E-state index contributed by atoms with van der Waals surface area (Å²) < 4.78 is 3.31. The summed E-state index contributed by atoms with van der Waals surface area (Å²) in [4.78, 5) is 0. The summed E-state index contributed by atoms with van der Waals surface area (Å²) in [5, 5.41) is 9.82. The molecule has 0 unspecified atom stereocenters. The number of rotatable bonds is 4. The lowest BCUT2D eigenvalue weighted by Crippen LogP contribution is -2.48. The number of hydrogen-bond donors (Lipinski definition) is 0. The van der Waals surface area contributed by atoms with Crippen LogP contribution >= 0.6 is 15.9 Å². The van der Waals surface area contributed by atoms with Crippen LogP contribution in [0.15, 0.2) is 59.1 Å². The maximum absolute atomic E-state index is 9.82. The average molecular weight is 512 g/mol. The summed E-state index contributed by atoms with van der Waals surface area (Å²) in [6.07, 6.45) is 10.7. The molecule has 4 aliphatic carbocycles. The SMILES string of the molecule is Cc1cc(/C=C(/C#N)c2cccc(Br)c2)c(C)n1-c1ccc(C23CC4CC(CC(C4)C2)C3)cc1. The number of aryl methyl sites for hydroxylation is 1. The summed E-state index contributed by atoms with van der Waals surface area (Å²) in [7, 11) is 0. The molecule has 0 saturated heterocycles. The minimum Gasteiger partial charge on any atom is -0.318 e. The van der Waals surface area contributed by atoms with Crippen molar-refractivity contribution in [1.29, 1.82) is 5.26 Å². The van der Waals surface area contributed by atoms with E-state index in [4.69, 9.17) is 0 Å². The van der Waals surface area contributed by atoms with Crippen molar-refractivity contribution in [3.8, 4) is 11.8 Å². The van der Waals surface area contributed by atoms with E-state index in [1.165, 1.54) is 55.6 Å². The van der Waals surface area contributed by atoms with Gasteiger partial charge in [-0.2, -0.15) is 5.26 Å². The Kier molecular flexibility index (Phi) is 5.34. The molecule has 7 rings (SSSR count). The number of hydrogen-bond acceptors (Lipinski definition) is 1. The maximum atomic E-state index is 9.82. The van der Waals surface area contributed by atoms with Crippen LogP contribution in [0.1, 0.15) is 66.6 Å². The highest BCUT2D eigenvalue weighted by atomic mass is 79.9. The van der Waals surface area contributed by atoms with Crippen LogP contribution in [0.4, 0.5) is 0 Å². The molecule has 4 aliphatic rings. The molecule has 0 N–H and O–H groups in total. The average Bonchev–Trinajstić information content (AvgIpc) is 3.09. The Balaban J connectivity index is 1.32. The molecule has 3 heteroatoms. The van der Waals surface area contributed by atoms with Gasteiger partial charge < -0.3 is 4.57 Å². The van der Waals surface area contributed by atoms with Crippen molar-refractivity contribution >= 4 is 27.6 Å². The standard InChI is InChI=1S/C31H31BrN2/c1-20-10-26(14-27(19-33)25-4-3-5-29(32)15-25)21(2)34(20)30-8-6-28(7-9-30)31-16-22-11-23(17-31)13-24(12-22)18-31/h3-10,14-15,22-24H,11-13,16-18H2,1-2H3/b27-14-. The zero-order valence-corrected chi connectivity index (χ0v) is 21.6. The Bertz CT molecular complexity index is 1280. The number of halogens is 1. The van der Waals surface area contributed by atoms with Crippen LogP contribution in [-0.2, 0) is 5.41 Å². The van der Waals surface area contributed by atoms with Crippen LogP contribution in [0.2, 0.25) is 0 Å². The zero-order valence-electron chi connectivity index (χ0n) is 20.0. The Labute approximate surface area is 211 Å². The smallest absolute Gasteiger partial charge is 0.0998 e. The van der Waals surface area contributed by atoms with Crippen LogP contribution in [0.3, 0.4) is 0 Å². The number of benzene rings is 2. The molecule has 3 aromatic rings. The molecular formula is C31H31BrN2. The molecule has 0 radical (unpaired) electrons. The van der Waals surface area contributed by atoms with Crippen LogP contribution < -0.4 is 0 Å². The molecule has 2 aromatic carbocycles. The van der Waals surface area contributed by atoms with E-state index in [2.05, 4.69) is 70.7 Å². The molecule has 0 aliphatic heterocycles. The Morgan fingerprint density at radius 2 is 1.62 bits per heavy atom. The van der Waals surface area contributed by atoms with Crippen molar-refractivity contribution in [2.24, 2.45) is 17.8 Å². The van der Waals surface area contributed by atoms with Gasteiger partial charge in [0.2, 0.25) is 0 Å². The molecule has 4 fully saturated rings. The van der Waals surface area contributed by atoms with Crippen molar-refractivity contribution in [3.63, 3.8) is 0 Å². The molecule has 2 nitrogen and oxygen atoms in total. The number of allylic oxidation sites excluding steroid dienone is 1. The largest absolute Gasteiger partial charge is 0.318 e. The third-order valence-electron chi connectivity index (χ3n) is 8.80. The first-order chi connectivity index (χ1) is 16.4. The zero-order chi connectivity index (χ0) is 23.4. The van der Waals surface area contributed by atoms with Gasteiger partial charge in [-0.25, -0.2) is 0 Å². The number of nitrogens with zero attached hydrogens (tertiary/aromatic N) is 2. The van der Waals surface area contributed by atoms with E-state index in [1.54, 1.807) is 5.56 Å². The van der Waals surface area contributed by atoms with Gasteiger partial charge in [-0.15, -0.1) is 0 Å². The van der Waals surface area contributed by atoms with Crippen LogP contribution in [0, 0.1) is 42.9 Å². The maximum Gasteiger partial charge on any atom is 0.0998 e. The highest BCUT2D eigenvalue weighted by molar-refractivity contribution is 9.10. The first-order valence-electron chi connectivity index (χ1n) is 12.6. The number of nitriles is 1. The van der Waals surface area contributed by atoms with E-state index in [0.29, 0.717) is 11.0 Å². The minimum absolute atomic E-state index is 0.438. The van der Waals surface area contributed by atoms with Crippen molar-refractivity contribution in [2.75, 3.05) is 0 Å². The van der Waals surface area contributed by atoms with E-state index in [0.717, 1.165) is 33.4 Å². The molecule has 0 spiro atoms. The van der Waals surface area contributed by atoms with Gasteiger partial charge in [0.25, 0.3) is 0 Å². The van der Waals surface area contributed by atoms with Gasteiger partial charge in [-0.3, -0.25) is 0 Å². The molecule has 4 bridgehead atoms.